The number of hydrogen-bond acceptors (Lipinski definition) is 2. The van der Waals surface area contributed by atoms with Crippen molar-refractivity contribution in [1.29, 1.82) is 0 Å². The smallest absolute Gasteiger partial charge is 0.0176 e. The molecule has 0 bridgehead atoms. The molecule has 1 aliphatic heterocycles. The van der Waals surface area contributed by atoms with E-state index in [0.717, 1.165) is 6.54 Å². The van der Waals surface area contributed by atoms with Gasteiger partial charge in [0, 0.05) is 19.1 Å². The second-order valence-corrected chi connectivity index (χ2v) is 4.15. The van der Waals surface area contributed by atoms with Crippen molar-refractivity contribution in [2.24, 2.45) is 0 Å². The fourth-order valence-corrected chi connectivity index (χ4v) is 1.86. The van der Waals surface area contributed by atoms with E-state index in [1.54, 1.807) is 4.91 Å². The van der Waals surface area contributed by atoms with Gasteiger partial charge in [-0.05, 0) is 31.4 Å². The van der Waals surface area contributed by atoms with Crippen molar-refractivity contribution in [2.45, 2.75) is 26.3 Å². The van der Waals surface area contributed by atoms with E-state index >= 15 is 0 Å². The molecular weight excluding hydrogens is 154 g/mol. The van der Waals surface area contributed by atoms with Crippen molar-refractivity contribution in [3.05, 3.63) is 11.0 Å². The average molecular weight is 171 g/mol. The molecule has 1 heterocycles. The molecule has 0 spiro atoms. The molecule has 1 rings (SSSR count). The highest BCUT2D eigenvalue weighted by Gasteiger charge is 2.12. The van der Waals surface area contributed by atoms with Crippen LogP contribution in [0.25, 0.3) is 0 Å². The molecule has 1 aliphatic rings. The number of hydrogen-bond donors (Lipinski definition) is 0. The first-order chi connectivity index (χ1) is 5.24. The van der Waals surface area contributed by atoms with Gasteiger partial charge in [0.2, 0.25) is 0 Å². The fourth-order valence-electron chi connectivity index (χ4n) is 1.32. The molecule has 0 fully saturated rings. The van der Waals surface area contributed by atoms with Gasteiger partial charge in [-0.15, -0.1) is 11.8 Å². The Bertz CT molecular complexity index is 152. The van der Waals surface area contributed by atoms with Crippen molar-refractivity contribution in [3.8, 4) is 0 Å². The van der Waals surface area contributed by atoms with Crippen LogP contribution < -0.4 is 0 Å². The Balaban J connectivity index is 2.41. The minimum atomic E-state index is 0.703. The van der Waals surface area contributed by atoms with Crippen LogP contribution in [0.2, 0.25) is 0 Å². The third-order valence-corrected chi connectivity index (χ3v) is 3.09. The summed E-state index contributed by atoms with van der Waals surface area (Å²) in [5.74, 6) is 0. The first-order valence-electron chi connectivity index (χ1n) is 4.21. The van der Waals surface area contributed by atoms with E-state index in [4.69, 9.17) is 0 Å². The topological polar surface area (TPSA) is 3.24 Å². The van der Waals surface area contributed by atoms with Crippen molar-refractivity contribution >= 4 is 11.8 Å². The molecule has 0 saturated carbocycles. The molecule has 64 valence electrons. The van der Waals surface area contributed by atoms with Gasteiger partial charge in [-0.1, -0.05) is 6.08 Å². The second-order valence-electron chi connectivity index (χ2n) is 3.21. The van der Waals surface area contributed by atoms with Crippen molar-refractivity contribution < 1.29 is 0 Å². The lowest BCUT2D eigenvalue weighted by atomic mass is 10.2. The quantitative estimate of drug-likeness (QED) is 0.627. The predicted octanol–water partition coefficient (Wildman–Crippen LogP) is 2.35. The van der Waals surface area contributed by atoms with E-state index in [-0.39, 0.29) is 0 Å². The molecule has 0 radical (unpaired) electrons. The van der Waals surface area contributed by atoms with Crippen LogP contribution in [-0.4, -0.2) is 30.3 Å². The maximum Gasteiger partial charge on any atom is 0.0176 e. The Kier molecular flexibility index (Phi) is 3.46. The molecule has 0 aromatic rings. The van der Waals surface area contributed by atoms with Gasteiger partial charge >= 0.3 is 0 Å². The van der Waals surface area contributed by atoms with Crippen molar-refractivity contribution in [2.75, 3.05) is 19.3 Å². The summed E-state index contributed by atoms with van der Waals surface area (Å²) in [6, 6.07) is 0.703. The first kappa shape index (κ1) is 9.14. The largest absolute Gasteiger partial charge is 0.297 e. The molecule has 1 nitrogen and oxygen atoms in total. The van der Waals surface area contributed by atoms with Crippen LogP contribution in [0, 0.1) is 0 Å². The molecule has 0 aromatic carbocycles. The van der Waals surface area contributed by atoms with Crippen LogP contribution in [0.4, 0.5) is 0 Å². The molecular formula is C9H17NS. The highest BCUT2D eigenvalue weighted by molar-refractivity contribution is 8.02. The van der Waals surface area contributed by atoms with Crippen LogP contribution in [0.5, 0.6) is 0 Å². The Labute approximate surface area is 73.8 Å². The van der Waals surface area contributed by atoms with Crippen LogP contribution in [0.15, 0.2) is 11.0 Å². The van der Waals surface area contributed by atoms with Gasteiger partial charge in [-0.25, -0.2) is 0 Å². The Morgan fingerprint density at radius 1 is 1.55 bits per heavy atom. The summed E-state index contributed by atoms with van der Waals surface area (Å²) >= 11 is 1.89. The maximum atomic E-state index is 2.50. The van der Waals surface area contributed by atoms with Crippen molar-refractivity contribution in [1.82, 2.24) is 4.90 Å². The van der Waals surface area contributed by atoms with Gasteiger partial charge < -0.3 is 0 Å². The minimum Gasteiger partial charge on any atom is -0.297 e. The highest BCUT2D eigenvalue weighted by Crippen LogP contribution is 2.20. The summed E-state index contributed by atoms with van der Waals surface area (Å²) in [4.78, 5) is 4.06. The van der Waals surface area contributed by atoms with E-state index in [1.807, 2.05) is 11.8 Å². The number of nitrogens with zero attached hydrogens (tertiary/aromatic N) is 1. The van der Waals surface area contributed by atoms with Crippen molar-refractivity contribution in [3.63, 3.8) is 0 Å². The molecule has 11 heavy (non-hydrogen) atoms. The lowest BCUT2D eigenvalue weighted by Gasteiger charge is -2.29. The minimum absolute atomic E-state index is 0.703. The summed E-state index contributed by atoms with van der Waals surface area (Å²) in [7, 11) is 0. The molecule has 0 saturated heterocycles. The summed E-state index contributed by atoms with van der Waals surface area (Å²) in [5.41, 5.74) is 0. The average Bonchev–Trinajstić information content (AvgIpc) is 2.05. The van der Waals surface area contributed by atoms with E-state index in [0.29, 0.717) is 6.04 Å². The van der Waals surface area contributed by atoms with E-state index in [1.165, 1.54) is 13.0 Å². The van der Waals surface area contributed by atoms with Gasteiger partial charge in [0.25, 0.3) is 0 Å². The summed E-state index contributed by atoms with van der Waals surface area (Å²) in [5, 5.41) is 0. The Morgan fingerprint density at radius 3 is 2.64 bits per heavy atom. The lowest BCUT2D eigenvalue weighted by molar-refractivity contribution is 0.242. The van der Waals surface area contributed by atoms with Gasteiger partial charge in [0.05, 0.1) is 0 Å². The number of thioether (sulfide) groups is 1. The van der Waals surface area contributed by atoms with Gasteiger partial charge in [-0.2, -0.15) is 0 Å². The van der Waals surface area contributed by atoms with Gasteiger partial charge in [0.1, 0.15) is 0 Å². The first-order valence-corrected chi connectivity index (χ1v) is 5.43. The Morgan fingerprint density at radius 2 is 2.27 bits per heavy atom. The monoisotopic (exact) mass is 171 g/mol. The molecule has 0 N–H and O–H groups in total. The van der Waals surface area contributed by atoms with Crippen LogP contribution in [0.3, 0.4) is 0 Å². The third kappa shape index (κ3) is 2.53. The zero-order chi connectivity index (χ0) is 8.27. The Hall–Kier alpha value is 0.0500. The molecule has 0 aliphatic carbocycles. The second kappa shape index (κ2) is 4.17. The lowest BCUT2D eigenvalue weighted by Crippen LogP contribution is -2.34. The van der Waals surface area contributed by atoms with Gasteiger partial charge in [-0.3, -0.25) is 4.90 Å². The maximum absolute atomic E-state index is 2.50. The van der Waals surface area contributed by atoms with Gasteiger partial charge in [0.15, 0.2) is 0 Å². The third-order valence-electron chi connectivity index (χ3n) is 2.19. The highest BCUT2D eigenvalue weighted by atomic mass is 32.2. The zero-order valence-electron chi connectivity index (χ0n) is 7.63. The molecule has 0 aromatic heterocycles. The normalized spacial score (nSPS) is 20.5. The van der Waals surface area contributed by atoms with E-state index in [2.05, 4.69) is 31.1 Å². The summed E-state index contributed by atoms with van der Waals surface area (Å²) < 4.78 is 0. The van der Waals surface area contributed by atoms with Crippen LogP contribution in [-0.2, 0) is 0 Å². The fraction of sp³-hybridized carbons (Fsp3) is 0.778. The van der Waals surface area contributed by atoms with Crippen LogP contribution in [0.1, 0.15) is 20.3 Å². The molecule has 0 atom stereocenters. The molecule has 0 unspecified atom stereocenters. The standard InChI is InChI=1S/C9H17NS/c1-8(2)10-6-4-9(11-3)5-7-10/h4,8H,5-7H2,1-3H3. The zero-order valence-corrected chi connectivity index (χ0v) is 8.45. The summed E-state index contributed by atoms with van der Waals surface area (Å²) in [6.45, 7) is 6.91. The molecule has 2 heteroatoms. The molecule has 0 amide bonds. The van der Waals surface area contributed by atoms with E-state index < -0.39 is 0 Å². The number of rotatable bonds is 2. The van der Waals surface area contributed by atoms with E-state index in [9.17, 15) is 0 Å². The SMILES string of the molecule is CSC1=CCN(C(C)C)CC1. The summed E-state index contributed by atoms with van der Waals surface area (Å²) in [6.07, 6.45) is 5.77. The van der Waals surface area contributed by atoms with Crippen LogP contribution >= 0.6 is 11.8 Å². The predicted molar refractivity (Wildman–Crippen MR) is 52.9 cm³/mol.